The van der Waals surface area contributed by atoms with Crippen LogP contribution in [0.5, 0.6) is 0 Å². The maximum Gasteiger partial charge on any atom is 0.223 e. The van der Waals surface area contributed by atoms with Gasteiger partial charge in [0, 0.05) is 36.6 Å². The lowest BCUT2D eigenvalue weighted by Gasteiger charge is -2.24. The number of rotatable bonds is 4. The van der Waals surface area contributed by atoms with Gasteiger partial charge in [-0.1, -0.05) is 12.5 Å². The molecule has 1 aliphatic rings. The molecule has 1 aliphatic carbocycles. The average molecular weight is 267 g/mol. The summed E-state index contributed by atoms with van der Waals surface area (Å²) in [5.41, 5.74) is 2.88. The van der Waals surface area contributed by atoms with E-state index in [2.05, 4.69) is 15.3 Å². The van der Waals surface area contributed by atoms with Crippen LogP contribution in [0, 0.1) is 5.92 Å². The minimum atomic E-state index is 0.164. The van der Waals surface area contributed by atoms with E-state index >= 15 is 0 Å². The molecule has 0 radical (unpaired) electrons. The molecule has 4 nitrogen and oxygen atoms in total. The highest BCUT2D eigenvalue weighted by molar-refractivity contribution is 5.79. The summed E-state index contributed by atoms with van der Waals surface area (Å²) in [7, 11) is 0. The zero-order chi connectivity index (χ0) is 13.8. The topological polar surface area (TPSA) is 54.9 Å². The molecule has 0 aliphatic heterocycles. The first-order valence-corrected chi connectivity index (χ1v) is 6.96. The molecule has 0 saturated heterocycles. The molecule has 1 amide bonds. The third-order valence-electron chi connectivity index (χ3n) is 3.76. The van der Waals surface area contributed by atoms with Crippen LogP contribution in [0.3, 0.4) is 0 Å². The van der Waals surface area contributed by atoms with Crippen LogP contribution < -0.4 is 5.32 Å². The van der Waals surface area contributed by atoms with Gasteiger partial charge in [-0.2, -0.15) is 0 Å². The van der Waals surface area contributed by atoms with Gasteiger partial charge in [-0.05, 0) is 36.6 Å². The number of nitrogens with zero attached hydrogens (tertiary/aromatic N) is 2. The third kappa shape index (κ3) is 2.69. The van der Waals surface area contributed by atoms with Gasteiger partial charge in [0.15, 0.2) is 0 Å². The molecule has 1 N–H and O–H groups in total. The SMILES string of the molecule is O=C(NCc1cccnc1-c1cccnc1)C1CCC1. The van der Waals surface area contributed by atoms with E-state index in [1.54, 1.807) is 18.6 Å². The van der Waals surface area contributed by atoms with E-state index in [0.29, 0.717) is 6.54 Å². The maximum absolute atomic E-state index is 11.9. The van der Waals surface area contributed by atoms with Crippen LogP contribution in [0.1, 0.15) is 24.8 Å². The summed E-state index contributed by atoms with van der Waals surface area (Å²) in [4.78, 5) is 20.4. The molecule has 0 spiro atoms. The highest BCUT2D eigenvalue weighted by Crippen LogP contribution is 2.26. The van der Waals surface area contributed by atoms with Gasteiger partial charge in [0.25, 0.3) is 0 Å². The third-order valence-corrected chi connectivity index (χ3v) is 3.76. The van der Waals surface area contributed by atoms with Crippen LogP contribution in [0.25, 0.3) is 11.3 Å². The molecule has 2 aromatic rings. The first-order chi connectivity index (χ1) is 9.84. The lowest BCUT2D eigenvalue weighted by molar-refractivity contribution is -0.127. The summed E-state index contributed by atoms with van der Waals surface area (Å²) in [6.45, 7) is 0.521. The van der Waals surface area contributed by atoms with Crippen molar-refractivity contribution >= 4 is 5.91 Å². The van der Waals surface area contributed by atoms with Crippen LogP contribution in [0.2, 0.25) is 0 Å². The molecule has 2 aromatic heterocycles. The van der Waals surface area contributed by atoms with Crippen LogP contribution in [-0.2, 0) is 11.3 Å². The Labute approximate surface area is 118 Å². The second-order valence-electron chi connectivity index (χ2n) is 5.10. The lowest BCUT2D eigenvalue weighted by Crippen LogP contribution is -2.34. The molecule has 0 bridgehead atoms. The van der Waals surface area contributed by atoms with E-state index in [1.165, 1.54) is 6.42 Å². The highest BCUT2D eigenvalue weighted by Gasteiger charge is 2.24. The zero-order valence-corrected chi connectivity index (χ0v) is 11.2. The van der Waals surface area contributed by atoms with E-state index < -0.39 is 0 Å². The minimum absolute atomic E-state index is 0.164. The summed E-state index contributed by atoms with van der Waals surface area (Å²) in [6, 6.07) is 7.76. The molecule has 102 valence electrons. The van der Waals surface area contributed by atoms with Crippen molar-refractivity contribution in [3.63, 3.8) is 0 Å². The second kappa shape index (κ2) is 5.82. The van der Waals surface area contributed by atoms with Crippen molar-refractivity contribution < 1.29 is 4.79 Å². The van der Waals surface area contributed by atoms with Gasteiger partial charge in [0.05, 0.1) is 5.69 Å². The molecule has 1 saturated carbocycles. The van der Waals surface area contributed by atoms with Gasteiger partial charge < -0.3 is 5.32 Å². The van der Waals surface area contributed by atoms with Crippen molar-refractivity contribution in [1.29, 1.82) is 0 Å². The Balaban J connectivity index is 1.74. The first kappa shape index (κ1) is 12.8. The van der Waals surface area contributed by atoms with E-state index in [9.17, 15) is 4.79 Å². The molecule has 1 fully saturated rings. The Morgan fingerprint density at radius 1 is 1.25 bits per heavy atom. The number of carbonyl (C=O) groups is 1. The molecular weight excluding hydrogens is 250 g/mol. The average Bonchev–Trinajstić information content (AvgIpc) is 2.44. The minimum Gasteiger partial charge on any atom is -0.352 e. The largest absolute Gasteiger partial charge is 0.352 e. The van der Waals surface area contributed by atoms with Crippen LogP contribution in [-0.4, -0.2) is 15.9 Å². The number of carbonyl (C=O) groups excluding carboxylic acids is 1. The Bertz CT molecular complexity index is 594. The number of aromatic nitrogens is 2. The molecular formula is C16H17N3O. The van der Waals surface area contributed by atoms with Crippen LogP contribution in [0.15, 0.2) is 42.9 Å². The van der Waals surface area contributed by atoms with Gasteiger partial charge in [-0.25, -0.2) is 0 Å². The van der Waals surface area contributed by atoms with Gasteiger partial charge in [-0.15, -0.1) is 0 Å². The molecule has 2 heterocycles. The Morgan fingerprint density at radius 2 is 2.10 bits per heavy atom. The monoisotopic (exact) mass is 267 g/mol. The number of pyridine rings is 2. The summed E-state index contributed by atoms with van der Waals surface area (Å²) in [5, 5.41) is 3.01. The fraction of sp³-hybridized carbons (Fsp3) is 0.312. The number of hydrogen-bond donors (Lipinski definition) is 1. The summed E-state index contributed by atoms with van der Waals surface area (Å²) >= 11 is 0. The molecule has 3 rings (SSSR count). The number of nitrogens with one attached hydrogen (secondary N) is 1. The quantitative estimate of drug-likeness (QED) is 0.926. The maximum atomic E-state index is 11.9. The van der Waals surface area contributed by atoms with E-state index in [4.69, 9.17) is 0 Å². The molecule has 0 atom stereocenters. The first-order valence-electron chi connectivity index (χ1n) is 6.96. The van der Waals surface area contributed by atoms with Crippen molar-refractivity contribution in [3.05, 3.63) is 48.4 Å². The number of amides is 1. The van der Waals surface area contributed by atoms with Gasteiger partial charge >= 0.3 is 0 Å². The summed E-state index contributed by atoms with van der Waals surface area (Å²) < 4.78 is 0. The van der Waals surface area contributed by atoms with Crippen molar-refractivity contribution in [2.45, 2.75) is 25.8 Å². The Hall–Kier alpha value is -2.23. The Morgan fingerprint density at radius 3 is 2.80 bits per heavy atom. The van der Waals surface area contributed by atoms with E-state index in [-0.39, 0.29) is 11.8 Å². The van der Waals surface area contributed by atoms with Crippen molar-refractivity contribution in [2.24, 2.45) is 5.92 Å². The fourth-order valence-corrected chi connectivity index (χ4v) is 2.34. The summed E-state index contributed by atoms with van der Waals surface area (Å²) in [5.74, 6) is 0.380. The second-order valence-corrected chi connectivity index (χ2v) is 5.10. The van der Waals surface area contributed by atoms with E-state index in [1.807, 2.05) is 24.3 Å². The predicted octanol–water partition coefficient (Wildman–Crippen LogP) is 2.56. The van der Waals surface area contributed by atoms with Crippen molar-refractivity contribution in [3.8, 4) is 11.3 Å². The molecule has 0 unspecified atom stereocenters. The standard InChI is InChI=1S/C16H17N3O/c20-16(12-4-1-5-12)19-11-14-7-3-9-18-15(14)13-6-2-8-17-10-13/h2-3,6-10,12H,1,4-5,11H2,(H,19,20). The predicted molar refractivity (Wildman–Crippen MR) is 76.7 cm³/mol. The van der Waals surface area contributed by atoms with Crippen molar-refractivity contribution in [1.82, 2.24) is 15.3 Å². The highest BCUT2D eigenvalue weighted by atomic mass is 16.1. The zero-order valence-electron chi connectivity index (χ0n) is 11.2. The molecule has 20 heavy (non-hydrogen) atoms. The van der Waals surface area contributed by atoms with Crippen LogP contribution in [0.4, 0.5) is 0 Å². The van der Waals surface area contributed by atoms with Crippen molar-refractivity contribution in [2.75, 3.05) is 0 Å². The van der Waals surface area contributed by atoms with Gasteiger partial charge in [0.1, 0.15) is 0 Å². The lowest BCUT2D eigenvalue weighted by atomic mass is 9.85. The molecule has 0 aromatic carbocycles. The van der Waals surface area contributed by atoms with Gasteiger partial charge in [0.2, 0.25) is 5.91 Å². The van der Waals surface area contributed by atoms with Crippen LogP contribution >= 0.6 is 0 Å². The number of hydrogen-bond acceptors (Lipinski definition) is 3. The smallest absolute Gasteiger partial charge is 0.223 e. The summed E-state index contributed by atoms with van der Waals surface area (Å²) in [6.07, 6.45) is 8.51. The molecule has 4 heteroatoms. The normalized spacial score (nSPS) is 14.6. The van der Waals surface area contributed by atoms with E-state index in [0.717, 1.165) is 29.7 Å². The van der Waals surface area contributed by atoms with Gasteiger partial charge in [-0.3, -0.25) is 14.8 Å². The fourth-order valence-electron chi connectivity index (χ4n) is 2.34. The Kier molecular flexibility index (Phi) is 3.72.